The van der Waals surface area contributed by atoms with Crippen molar-refractivity contribution in [2.24, 2.45) is 0 Å². The van der Waals surface area contributed by atoms with Gasteiger partial charge in [-0.05, 0) is 19.1 Å². The predicted molar refractivity (Wildman–Crippen MR) is 58.8 cm³/mol. The minimum absolute atomic E-state index is 0.494. The third-order valence-corrected chi connectivity index (χ3v) is 1.81. The molecule has 0 bridgehead atoms. The van der Waals surface area contributed by atoms with Crippen molar-refractivity contribution in [1.29, 1.82) is 5.26 Å². The summed E-state index contributed by atoms with van der Waals surface area (Å²) in [6, 6.07) is 8.88. The molecule has 82 valence electrons. The van der Waals surface area contributed by atoms with Gasteiger partial charge in [0.25, 0.3) is 0 Å². The van der Waals surface area contributed by atoms with Gasteiger partial charge in [0.1, 0.15) is 11.8 Å². The van der Waals surface area contributed by atoms with Crippen LogP contribution in [0.1, 0.15) is 12.5 Å². The number of carbonyl (C=O) groups is 1. The molecule has 0 radical (unpaired) electrons. The summed E-state index contributed by atoms with van der Waals surface area (Å²) in [6.07, 6.45) is 1.89. The number of ether oxygens (including phenoxy) is 1. The molecule has 16 heavy (non-hydrogen) atoms. The van der Waals surface area contributed by atoms with Gasteiger partial charge in [0.05, 0.1) is 0 Å². The van der Waals surface area contributed by atoms with Crippen LogP contribution in [0, 0.1) is 11.3 Å². The number of para-hydroxylation sites is 1. The van der Waals surface area contributed by atoms with E-state index in [4.69, 9.17) is 15.1 Å². The summed E-state index contributed by atoms with van der Waals surface area (Å²) < 4.78 is 5.32. The molecule has 0 spiro atoms. The number of nitriles is 1. The minimum atomic E-state index is -1.02. The van der Waals surface area contributed by atoms with Crippen LogP contribution in [-0.2, 0) is 4.79 Å². The number of rotatable bonds is 4. The first-order valence-corrected chi connectivity index (χ1v) is 4.70. The fraction of sp³-hybridized carbons (Fsp3) is 0.167. The fourth-order valence-electron chi connectivity index (χ4n) is 1.10. The molecule has 4 nitrogen and oxygen atoms in total. The van der Waals surface area contributed by atoms with E-state index >= 15 is 0 Å². The molecule has 1 aromatic carbocycles. The van der Waals surface area contributed by atoms with E-state index < -0.39 is 12.1 Å². The highest BCUT2D eigenvalue weighted by atomic mass is 16.5. The second-order valence-electron chi connectivity index (χ2n) is 3.10. The first kappa shape index (κ1) is 11.8. The van der Waals surface area contributed by atoms with Crippen molar-refractivity contribution in [3.63, 3.8) is 0 Å². The third-order valence-electron chi connectivity index (χ3n) is 1.81. The Kier molecular flexibility index (Phi) is 4.10. The lowest BCUT2D eigenvalue weighted by atomic mass is 10.2. The molecule has 1 atom stereocenters. The standard InChI is InChI=1S/C12H11NO3/c1-9(8-13)16-11-5-3-2-4-10(11)6-7-12(14)15/h2-7,9H,1H3,(H,14,15). The van der Waals surface area contributed by atoms with E-state index in [0.717, 1.165) is 6.08 Å². The molecule has 0 fully saturated rings. The van der Waals surface area contributed by atoms with Crippen LogP contribution in [0.4, 0.5) is 0 Å². The molecule has 0 heterocycles. The lowest BCUT2D eigenvalue weighted by Gasteiger charge is -2.09. The van der Waals surface area contributed by atoms with Gasteiger partial charge in [0.2, 0.25) is 0 Å². The maximum Gasteiger partial charge on any atom is 0.328 e. The van der Waals surface area contributed by atoms with E-state index in [9.17, 15) is 4.79 Å². The topological polar surface area (TPSA) is 70.3 Å². The number of carboxylic acid groups (broad SMARTS) is 1. The predicted octanol–water partition coefficient (Wildman–Crippen LogP) is 2.08. The van der Waals surface area contributed by atoms with Crippen LogP contribution in [0.5, 0.6) is 5.75 Å². The number of carboxylic acids is 1. The van der Waals surface area contributed by atoms with Gasteiger partial charge >= 0.3 is 5.97 Å². The fourth-order valence-corrected chi connectivity index (χ4v) is 1.10. The van der Waals surface area contributed by atoms with E-state index in [1.165, 1.54) is 6.08 Å². The van der Waals surface area contributed by atoms with E-state index in [1.807, 2.05) is 6.07 Å². The molecule has 0 saturated heterocycles. The van der Waals surface area contributed by atoms with E-state index in [1.54, 1.807) is 31.2 Å². The molecule has 1 rings (SSSR count). The van der Waals surface area contributed by atoms with Crippen LogP contribution >= 0.6 is 0 Å². The minimum Gasteiger partial charge on any atom is -0.478 e. The second-order valence-corrected chi connectivity index (χ2v) is 3.10. The Labute approximate surface area is 93.4 Å². The van der Waals surface area contributed by atoms with Crippen LogP contribution in [0.3, 0.4) is 0 Å². The maximum absolute atomic E-state index is 10.4. The molecule has 0 saturated carbocycles. The second kappa shape index (κ2) is 5.56. The summed E-state index contributed by atoms with van der Waals surface area (Å²) in [5, 5.41) is 17.1. The molecular formula is C12H11NO3. The van der Waals surface area contributed by atoms with Gasteiger partial charge in [-0.2, -0.15) is 5.26 Å². The van der Waals surface area contributed by atoms with E-state index in [0.29, 0.717) is 11.3 Å². The Morgan fingerprint density at radius 3 is 2.88 bits per heavy atom. The van der Waals surface area contributed by atoms with Crippen molar-refractivity contribution in [3.8, 4) is 11.8 Å². The highest BCUT2D eigenvalue weighted by molar-refractivity contribution is 5.85. The Morgan fingerprint density at radius 1 is 1.56 bits per heavy atom. The lowest BCUT2D eigenvalue weighted by molar-refractivity contribution is -0.131. The van der Waals surface area contributed by atoms with Gasteiger partial charge < -0.3 is 9.84 Å². The summed E-state index contributed by atoms with van der Waals surface area (Å²) in [6.45, 7) is 1.62. The van der Waals surface area contributed by atoms with Gasteiger partial charge in [-0.3, -0.25) is 0 Å². The van der Waals surface area contributed by atoms with Crippen LogP contribution in [-0.4, -0.2) is 17.2 Å². The first-order chi connectivity index (χ1) is 7.63. The zero-order chi connectivity index (χ0) is 12.0. The Hall–Kier alpha value is -2.28. The summed E-state index contributed by atoms with van der Waals surface area (Å²) in [5.41, 5.74) is 0.631. The van der Waals surface area contributed by atoms with Crippen molar-refractivity contribution < 1.29 is 14.6 Å². The average molecular weight is 217 g/mol. The summed E-state index contributed by atoms with van der Waals surface area (Å²) in [7, 11) is 0. The molecule has 1 N–H and O–H groups in total. The quantitative estimate of drug-likeness (QED) is 0.784. The molecule has 0 aliphatic rings. The largest absolute Gasteiger partial charge is 0.478 e. The molecule has 0 aromatic heterocycles. The number of nitrogens with zero attached hydrogens (tertiary/aromatic N) is 1. The van der Waals surface area contributed by atoms with Crippen LogP contribution in [0.15, 0.2) is 30.3 Å². The van der Waals surface area contributed by atoms with Crippen LogP contribution in [0.2, 0.25) is 0 Å². The summed E-state index contributed by atoms with van der Waals surface area (Å²) in [5.74, 6) is -0.530. The normalized spacial score (nSPS) is 12.0. The maximum atomic E-state index is 10.4. The molecular weight excluding hydrogens is 206 g/mol. The van der Waals surface area contributed by atoms with Gasteiger partial charge in [0, 0.05) is 11.6 Å². The van der Waals surface area contributed by atoms with Crippen molar-refractivity contribution >= 4 is 12.0 Å². The van der Waals surface area contributed by atoms with Gasteiger partial charge in [-0.1, -0.05) is 18.2 Å². The highest BCUT2D eigenvalue weighted by Gasteiger charge is 2.04. The number of benzene rings is 1. The Morgan fingerprint density at radius 2 is 2.25 bits per heavy atom. The van der Waals surface area contributed by atoms with Crippen molar-refractivity contribution in [3.05, 3.63) is 35.9 Å². The molecule has 1 aromatic rings. The lowest BCUT2D eigenvalue weighted by Crippen LogP contribution is -2.08. The first-order valence-electron chi connectivity index (χ1n) is 4.70. The summed E-state index contributed by atoms with van der Waals surface area (Å²) in [4.78, 5) is 10.4. The van der Waals surface area contributed by atoms with E-state index in [-0.39, 0.29) is 0 Å². The third kappa shape index (κ3) is 3.46. The van der Waals surface area contributed by atoms with Gasteiger partial charge in [-0.25, -0.2) is 4.79 Å². The van der Waals surface area contributed by atoms with Gasteiger partial charge in [-0.15, -0.1) is 0 Å². The zero-order valence-corrected chi connectivity index (χ0v) is 8.75. The number of hydrogen-bond donors (Lipinski definition) is 1. The molecule has 4 heteroatoms. The zero-order valence-electron chi connectivity index (χ0n) is 8.75. The summed E-state index contributed by atoms with van der Waals surface area (Å²) >= 11 is 0. The van der Waals surface area contributed by atoms with Crippen molar-refractivity contribution in [2.45, 2.75) is 13.0 Å². The Balaban J connectivity index is 2.92. The van der Waals surface area contributed by atoms with Crippen LogP contribution in [0.25, 0.3) is 6.08 Å². The number of hydrogen-bond acceptors (Lipinski definition) is 3. The van der Waals surface area contributed by atoms with Crippen molar-refractivity contribution in [2.75, 3.05) is 0 Å². The SMILES string of the molecule is CC(C#N)Oc1ccccc1C=CC(=O)O. The van der Waals surface area contributed by atoms with Gasteiger partial charge in [0.15, 0.2) is 6.10 Å². The van der Waals surface area contributed by atoms with E-state index in [2.05, 4.69) is 0 Å². The molecule has 0 amide bonds. The highest BCUT2D eigenvalue weighted by Crippen LogP contribution is 2.20. The average Bonchev–Trinajstić information content (AvgIpc) is 2.27. The van der Waals surface area contributed by atoms with Crippen LogP contribution < -0.4 is 4.74 Å². The monoisotopic (exact) mass is 217 g/mol. The van der Waals surface area contributed by atoms with Crippen molar-refractivity contribution in [1.82, 2.24) is 0 Å². The smallest absolute Gasteiger partial charge is 0.328 e. The Bertz CT molecular complexity index is 446. The molecule has 0 aliphatic carbocycles. The molecule has 1 unspecified atom stereocenters. The molecule has 0 aliphatic heterocycles. The number of aliphatic carboxylic acids is 1.